The fourth-order valence-electron chi connectivity index (χ4n) is 4.19. The summed E-state index contributed by atoms with van der Waals surface area (Å²) in [5.74, 6) is 0.104. The average Bonchev–Trinajstić information content (AvgIpc) is 2.97. The first-order valence-electron chi connectivity index (χ1n) is 13.1. The number of thiocarbonyl (C=S) groups is 1. The lowest BCUT2D eigenvalue weighted by molar-refractivity contribution is -0.139. The summed E-state index contributed by atoms with van der Waals surface area (Å²) in [6.07, 6.45) is 1.51. The number of benzene rings is 3. The standard InChI is InChI=1S/C30H26BrCl2IN4O5S/c1-3-41-29(40)26-16(2)36-30(44)37-27(26)19-6-4-5-7-24(19)42-15-25(39)38-35-13-18-10-20(31)28(23(34)12-18)43-14-17-8-9-21(32)22(33)11-17/h4-13,27H,3,14-15H2,1-2H3,(H,38,39)(H2,36,37,44)/t27-/m0/s1. The minimum Gasteiger partial charge on any atom is -0.487 e. The highest BCUT2D eigenvalue weighted by Gasteiger charge is 2.32. The van der Waals surface area contributed by atoms with Gasteiger partial charge in [-0.05, 0) is 106 Å². The van der Waals surface area contributed by atoms with Crippen LogP contribution in [0.1, 0.15) is 36.6 Å². The molecule has 1 heterocycles. The van der Waals surface area contributed by atoms with Crippen LogP contribution in [0.15, 0.2) is 75.4 Å². The Bertz CT molecular complexity index is 1630. The molecule has 9 nitrogen and oxygen atoms in total. The molecule has 0 aromatic heterocycles. The van der Waals surface area contributed by atoms with Crippen molar-refractivity contribution in [3.63, 3.8) is 0 Å². The molecule has 3 N–H and O–H groups in total. The normalized spacial score (nSPS) is 14.6. The summed E-state index contributed by atoms with van der Waals surface area (Å²) in [5.41, 5.74) is 5.65. The molecule has 3 aromatic carbocycles. The second-order valence-electron chi connectivity index (χ2n) is 9.26. The lowest BCUT2D eigenvalue weighted by atomic mass is 9.95. The Kier molecular flexibility index (Phi) is 12.3. The highest BCUT2D eigenvalue weighted by atomic mass is 127. The van der Waals surface area contributed by atoms with Gasteiger partial charge in [0, 0.05) is 11.3 Å². The van der Waals surface area contributed by atoms with Crippen LogP contribution in [-0.4, -0.2) is 36.4 Å². The van der Waals surface area contributed by atoms with Crippen LogP contribution >= 0.6 is 73.9 Å². The van der Waals surface area contributed by atoms with Gasteiger partial charge in [-0.25, -0.2) is 10.2 Å². The minimum atomic E-state index is -0.628. The lowest BCUT2D eigenvalue weighted by Crippen LogP contribution is -2.45. The maximum atomic E-state index is 12.7. The van der Waals surface area contributed by atoms with Crippen molar-refractivity contribution in [3.05, 3.63) is 101 Å². The van der Waals surface area contributed by atoms with E-state index in [4.69, 9.17) is 49.6 Å². The van der Waals surface area contributed by atoms with Gasteiger partial charge in [0.2, 0.25) is 0 Å². The summed E-state index contributed by atoms with van der Waals surface area (Å²) in [6, 6.07) is 15.5. The average molecular weight is 832 g/mol. The van der Waals surface area contributed by atoms with Gasteiger partial charge in [-0.1, -0.05) is 47.5 Å². The number of amides is 1. The lowest BCUT2D eigenvalue weighted by Gasteiger charge is -2.30. The molecular formula is C30H26BrCl2IN4O5S. The smallest absolute Gasteiger partial charge is 0.338 e. The number of para-hydroxylation sites is 1. The van der Waals surface area contributed by atoms with E-state index < -0.39 is 17.9 Å². The molecule has 1 aliphatic heterocycles. The maximum absolute atomic E-state index is 12.7. The van der Waals surface area contributed by atoms with Crippen molar-refractivity contribution in [2.24, 2.45) is 5.10 Å². The van der Waals surface area contributed by atoms with E-state index in [1.165, 1.54) is 6.21 Å². The van der Waals surface area contributed by atoms with E-state index in [2.05, 4.69) is 59.7 Å². The van der Waals surface area contributed by atoms with Crippen molar-refractivity contribution in [2.75, 3.05) is 13.2 Å². The number of esters is 1. The summed E-state index contributed by atoms with van der Waals surface area (Å²) in [6.45, 7) is 3.70. The molecule has 0 saturated heterocycles. The van der Waals surface area contributed by atoms with Crippen LogP contribution in [0.3, 0.4) is 0 Å². The van der Waals surface area contributed by atoms with Gasteiger partial charge in [-0.3, -0.25) is 4.79 Å². The molecule has 0 aliphatic carbocycles. The number of hydrogen-bond donors (Lipinski definition) is 3. The number of carbonyl (C=O) groups is 2. The summed E-state index contributed by atoms with van der Waals surface area (Å²) >= 11 is 23.1. The Morgan fingerprint density at radius 2 is 1.91 bits per heavy atom. The molecule has 1 aliphatic rings. The van der Waals surface area contributed by atoms with Gasteiger partial charge < -0.3 is 24.8 Å². The highest BCUT2D eigenvalue weighted by Crippen LogP contribution is 2.34. The van der Waals surface area contributed by atoms with Crippen LogP contribution in [-0.2, 0) is 20.9 Å². The molecule has 0 saturated carbocycles. The number of carbonyl (C=O) groups excluding carboxylic acids is 2. The van der Waals surface area contributed by atoms with Crippen LogP contribution in [0.5, 0.6) is 11.5 Å². The molecule has 0 unspecified atom stereocenters. The molecular weight excluding hydrogens is 806 g/mol. The quantitative estimate of drug-likeness (QED) is 0.0636. The van der Waals surface area contributed by atoms with Crippen molar-refractivity contribution >= 4 is 97.1 Å². The first-order valence-corrected chi connectivity index (χ1v) is 16.2. The van der Waals surface area contributed by atoms with Gasteiger partial charge in [0.1, 0.15) is 18.1 Å². The minimum absolute atomic E-state index is 0.222. The molecule has 14 heteroatoms. The van der Waals surface area contributed by atoms with Crippen LogP contribution in [0.4, 0.5) is 0 Å². The van der Waals surface area contributed by atoms with Gasteiger partial charge in [0.15, 0.2) is 11.7 Å². The number of halogens is 4. The molecule has 1 atom stereocenters. The third-order valence-electron chi connectivity index (χ3n) is 6.14. The fourth-order valence-corrected chi connectivity index (χ4v) is 6.55. The van der Waals surface area contributed by atoms with Gasteiger partial charge in [-0.2, -0.15) is 5.10 Å². The second kappa shape index (κ2) is 15.9. The number of ether oxygens (including phenoxy) is 3. The van der Waals surface area contributed by atoms with Gasteiger partial charge in [0.25, 0.3) is 5.91 Å². The Labute approximate surface area is 292 Å². The first kappa shape index (κ1) is 34.0. The van der Waals surface area contributed by atoms with E-state index in [1.54, 1.807) is 50.2 Å². The number of rotatable bonds is 11. The summed E-state index contributed by atoms with van der Waals surface area (Å²) in [7, 11) is 0. The summed E-state index contributed by atoms with van der Waals surface area (Å²) in [4.78, 5) is 25.3. The Morgan fingerprint density at radius 1 is 1.14 bits per heavy atom. The third-order valence-corrected chi connectivity index (χ3v) is 8.49. The van der Waals surface area contributed by atoms with Crippen molar-refractivity contribution in [1.29, 1.82) is 0 Å². The van der Waals surface area contributed by atoms with Gasteiger partial charge in [-0.15, -0.1) is 0 Å². The second-order valence-corrected chi connectivity index (χ2v) is 12.5. The van der Waals surface area contributed by atoms with Crippen LogP contribution in [0.25, 0.3) is 0 Å². The van der Waals surface area contributed by atoms with E-state index in [-0.39, 0.29) is 13.2 Å². The van der Waals surface area contributed by atoms with Crippen LogP contribution in [0, 0.1) is 3.57 Å². The molecule has 44 heavy (non-hydrogen) atoms. The first-order chi connectivity index (χ1) is 21.1. The van der Waals surface area contributed by atoms with Crippen molar-refractivity contribution in [1.82, 2.24) is 16.1 Å². The number of nitrogens with zero attached hydrogens (tertiary/aromatic N) is 1. The Hall–Kier alpha value is -2.91. The Balaban J connectivity index is 1.37. The van der Waals surface area contributed by atoms with Crippen molar-refractivity contribution in [2.45, 2.75) is 26.5 Å². The Morgan fingerprint density at radius 3 is 2.64 bits per heavy atom. The summed E-state index contributed by atoms with van der Waals surface area (Å²) in [5, 5.41) is 11.4. The summed E-state index contributed by atoms with van der Waals surface area (Å²) < 4.78 is 18.6. The SMILES string of the molecule is CCOC(=O)C1=C(C)NC(=S)N[C@H]1c1ccccc1OCC(=O)NN=Cc1cc(Br)c(OCc2ccc(Cl)c(Cl)c2)c(I)c1. The number of hydrogen-bond acceptors (Lipinski definition) is 7. The zero-order chi connectivity index (χ0) is 31.8. The highest BCUT2D eigenvalue weighted by molar-refractivity contribution is 14.1. The van der Waals surface area contributed by atoms with Crippen molar-refractivity contribution < 1.29 is 23.8 Å². The number of allylic oxidation sites excluding steroid dienone is 1. The zero-order valence-corrected chi connectivity index (χ0v) is 29.5. The van der Waals surface area contributed by atoms with E-state index in [9.17, 15) is 9.59 Å². The van der Waals surface area contributed by atoms with E-state index in [0.717, 1.165) is 19.2 Å². The molecule has 4 rings (SSSR count). The predicted molar refractivity (Wildman–Crippen MR) is 186 cm³/mol. The predicted octanol–water partition coefficient (Wildman–Crippen LogP) is 6.82. The third kappa shape index (κ3) is 8.84. The molecule has 3 aromatic rings. The number of hydrazone groups is 1. The topological polar surface area (TPSA) is 110 Å². The zero-order valence-electron chi connectivity index (χ0n) is 23.4. The molecule has 0 bridgehead atoms. The van der Waals surface area contributed by atoms with Gasteiger partial charge in [0.05, 0.1) is 42.5 Å². The molecule has 230 valence electrons. The van der Waals surface area contributed by atoms with Crippen molar-refractivity contribution in [3.8, 4) is 11.5 Å². The van der Waals surface area contributed by atoms with E-state index in [0.29, 0.717) is 50.1 Å². The monoisotopic (exact) mass is 830 g/mol. The maximum Gasteiger partial charge on any atom is 0.338 e. The van der Waals surface area contributed by atoms with Crippen LogP contribution in [0.2, 0.25) is 10.0 Å². The number of nitrogens with one attached hydrogen (secondary N) is 3. The fraction of sp³-hybridized carbons (Fsp3) is 0.200. The molecule has 0 spiro atoms. The molecule has 0 fully saturated rings. The van der Waals surface area contributed by atoms with E-state index in [1.807, 2.05) is 18.2 Å². The van der Waals surface area contributed by atoms with Crippen LogP contribution < -0.4 is 25.5 Å². The largest absolute Gasteiger partial charge is 0.487 e. The van der Waals surface area contributed by atoms with E-state index >= 15 is 0 Å². The molecule has 0 radical (unpaired) electrons. The molecule has 1 amide bonds. The van der Waals surface area contributed by atoms with Gasteiger partial charge >= 0.3 is 5.97 Å².